The van der Waals surface area contributed by atoms with Crippen LogP contribution in [0.15, 0.2) is 47.4 Å². The van der Waals surface area contributed by atoms with Crippen molar-refractivity contribution in [3.63, 3.8) is 0 Å². The number of aromatic nitrogens is 1. The second kappa shape index (κ2) is 9.65. The van der Waals surface area contributed by atoms with Crippen LogP contribution < -0.4 is 16.6 Å². The lowest BCUT2D eigenvalue weighted by atomic mass is 10.0. The van der Waals surface area contributed by atoms with Crippen LogP contribution in [0.25, 0.3) is 5.69 Å². The van der Waals surface area contributed by atoms with Gasteiger partial charge in [0.1, 0.15) is 18.5 Å². The molecule has 1 aliphatic heterocycles. The summed E-state index contributed by atoms with van der Waals surface area (Å²) in [5.41, 5.74) is 4.87. The molecular weight excluding hydrogens is 417 g/mol. The van der Waals surface area contributed by atoms with Crippen LogP contribution in [0.4, 0.5) is 23.7 Å². The zero-order valence-electron chi connectivity index (χ0n) is 16.2. The fourth-order valence-corrected chi connectivity index (χ4v) is 3.24. The Balaban J connectivity index is 1.77. The van der Waals surface area contributed by atoms with Crippen LogP contribution in [-0.4, -0.2) is 53.6 Å². The second-order valence-electron chi connectivity index (χ2n) is 6.85. The lowest BCUT2D eigenvalue weighted by molar-refractivity contribution is -0.133. The van der Waals surface area contributed by atoms with Crippen LogP contribution in [-0.2, 0) is 9.53 Å². The molecule has 8 nitrogen and oxygen atoms in total. The van der Waals surface area contributed by atoms with Crippen LogP contribution in [0.3, 0.4) is 0 Å². The number of amides is 3. The summed E-state index contributed by atoms with van der Waals surface area (Å²) in [6.45, 7) is -0.858. The SMILES string of the molecule is NC(=O)N1C[CH][C@H](C(OCC(F)F)C(=O)Nc2ccc(-n3ccccc3=O)cc2F)C1. The summed E-state index contributed by atoms with van der Waals surface area (Å²) in [6.07, 6.45) is -1.18. The van der Waals surface area contributed by atoms with Crippen LogP contribution in [0, 0.1) is 18.2 Å². The van der Waals surface area contributed by atoms with Gasteiger partial charge in [-0.15, -0.1) is 0 Å². The van der Waals surface area contributed by atoms with Crippen molar-refractivity contribution in [3.8, 4) is 5.69 Å². The number of hydrogen-bond acceptors (Lipinski definition) is 4. The molecule has 1 saturated heterocycles. The van der Waals surface area contributed by atoms with E-state index in [0.717, 1.165) is 6.07 Å². The van der Waals surface area contributed by atoms with Crippen molar-refractivity contribution in [1.82, 2.24) is 9.47 Å². The minimum absolute atomic E-state index is 0.00893. The van der Waals surface area contributed by atoms with Crippen molar-refractivity contribution in [2.75, 3.05) is 25.0 Å². The molecule has 1 aromatic heterocycles. The molecule has 1 aromatic carbocycles. The molecule has 0 bridgehead atoms. The predicted octanol–water partition coefficient (Wildman–Crippen LogP) is 1.78. The highest BCUT2D eigenvalue weighted by Gasteiger charge is 2.37. The molecule has 0 aliphatic carbocycles. The molecule has 3 rings (SSSR count). The number of ether oxygens (including phenoxy) is 1. The molecule has 2 atom stereocenters. The third-order valence-corrected chi connectivity index (χ3v) is 4.73. The number of pyridine rings is 1. The topological polar surface area (TPSA) is 107 Å². The Labute approximate surface area is 175 Å². The molecule has 2 heterocycles. The summed E-state index contributed by atoms with van der Waals surface area (Å²) >= 11 is 0. The summed E-state index contributed by atoms with van der Waals surface area (Å²) in [4.78, 5) is 37.1. The normalized spacial score (nSPS) is 17.0. The van der Waals surface area contributed by atoms with Gasteiger partial charge in [0, 0.05) is 37.3 Å². The van der Waals surface area contributed by atoms with Gasteiger partial charge in [0.05, 0.1) is 11.4 Å². The Kier molecular flexibility index (Phi) is 6.95. The fraction of sp³-hybridized carbons (Fsp3) is 0.300. The number of urea groups is 1. The number of carbonyl (C=O) groups excluding carboxylic acids is 2. The minimum atomic E-state index is -2.82. The molecule has 1 fully saturated rings. The summed E-state index contributed by atoms with van der Waals surface area (Å²) in [7, 11) is 0. The fourth-order valence-electron chi connectivity index (χ4n) is 3.24. The molecule has 3 N–H and O–H groups in total. The number of likely N-dealkylation sites (tertiary alicyclic amines) is 1. The number of hydrogen-bond donors (Lipinski definition) is 2. The molecule has 1 aliphatic rings. The first-order chi connectivity index (χ1) is 14.8. The smallest absolute Gasteiger partial charge is 0.314 e. The average molecular weight is 437 g/mol. The molecule has 0 spiro atoms. The number of benzene rings is 1. The maximum atomic E-state index is 14.6. The summed E-state index contributed by atoms with van der Waals surface area (Å²) in [5.74, 6) is -2.38. The number of halogens is 3. The number of carbonyl (C=O) groups is 2. The standard InChI is InChI=1S/C20H20F3N4O4/c21-14-9-13(27-7-2-1-3-17(27)28)4-5-15(14)25-19(29)18(31-11-16(22)23)12-6-8-26(10-12)20(24)30/h1-7,9,12,16,18H,8,10-11H2,(H2,24,30)(H,25,29)/t12-,18?/m0/s1. The first kappa shape index (κ1) is 22.3. The van der Waals surface area contributed by atoms with Crippen LogP contribution in [0.2, 0.25) is 0 Å². The van der Waals surface area contributed by atoms with E-state index in [1.54, 1.807) is 18.6 Å². The van der Waals surface area contributed by atoms with Crippen LogP contribution in [0.5, 0.6) is 0 Å². The number of primary amides is 1. The van der Waals surface area contributed by atoms with E-state index in [1.807, 2.05) is 0 Å². The van der Waals surface area contributed by atoms with Crippen LogP contribution >= 0.6 is 0 Å². The first-order valence-corrected chi connectivity index (χ1v) is 9.32. The number of alkyl halides is 2. The third kappa shape index (κ3) is 5.43. The molecule has 2 aromatic rings. The van der Waals surface area contributed by atoms with Gasteiger partial charge in [-0.2, -0.15) is 0 Å². The molecule has 31 heavy (non-hydrogen) atoms. The molecule has 1 radical (unpaired) electrons. The predicted molar refractivity (Wildman–Crippen MR) is 105 cm³/mol. The van der Waals surface area contributed by atoms with E-state index < -0.39 is 42.8 Å². The van der Waals surface area contributed by atoms with Gasteiger partial charge in [0.25, 0.3) is 17.9 Å². The third-order valence-electron chi connectivity index (χ3n) is 4.73. The number of rotatable bonds is 7. The van der Waals surface area contributed by atoms with E-state index >= 15 is 0 Å². The molecular formula is C20H20F3N4O4. The number of anilines is 1. The van der Waals surface area contributed by atoms with E-state index in [-0.39, 0.29) is 30.0 Å². The largest absolute Gasteiger partial charge is 0.362 e. The van der Waals surface area contributed by atoms with Gasteiger partial charge in [-0.3, -0.25) is 14.2 Å². The van der Waals surface area contributed by atoms with Crippen LogP contribution in [0.1, 0.15) is 0 Å². The lowest BCUT2D eigenvalue weighted by Gasteiger charge is -2.23. The highest BCUT2D eigenvalue weighted by Crippen LogP contribution is 2.24. The maximum absolute atomic E-state index is 14.6. The average Bonchev–Trinajstić information content (AvgIpc) is 3.20. The van der Waals surface area contributed by atoms with E-state index in [1.165, 1.54) is 33.9 Å². The van der Waals surface area contributed by atoms with Crippen molar-refractivity contribution in [3.05, 3.63) is 65.2 Å². The van der Waals surface area contributed by atoms with E-state index in [2.05, 4.69) is 5.32 Å². The zero-order chi connectivity index (χ0) is 22.5. The lowest BCUT2D eigenvalue weighted by Crippen LogP contribution is -2.41. The Morgan fingerprint density at radius 2 is 2.03 bits per heavy atom. The van der Waals surface area contributed by atoms with Gasteiger partial charge in [-0.25, -0.2) is 18.0 Å². The quantitative estimate of drug-likeness (QED) is 0.689. The Hall–Kier alpha value is -3.34. The van der Waals surface area contributed by atoms with Crippen molar-refractivity contribution >= 4 is 17.6 Å². The number of nitrogens with one attached hydrogen (secondary N) is 1. The number of nitrogens with zero attached hydrogens (tertiary/aromatic N) is 2. The molecule has 165 valence electrons. The summed E-state index contributed by atoms with van der Waals surface area (Å²) in [5, 5.41) is 2.32. The second-order valence-corrected chi connectivity index (χ2v) is 6.85. The van der Waals surface area contributed by atoms with E-state index in [9.17, 15) is 27.6 Å². The van der Waals surface area contributed by atoms with E-state index in [0.29, 0.717) is 0 Å². The summed E-state index contributed by atoms with van der Waals surface area (Å²) < 4.78 is 46.1. The molecule has 3 amide bonds. The van der Waals surface area contributed by atoms with Crippen molar-refractivity contribution in [2.24, 2.45) is 11.7 Å². The summed E-state index contributed by atoms with van der Waals surface area (Å²) in [6, 6.07) is 7.47. The van der Waals surface area contributed by atoms with Crippen molar-refractivity contribution in [2.45, 2.75) is 12.5 Å². The minimum Gasteiger partial charge on any atom is -0.362 e. The van der Waals surface area contributed by atoms with Crippen molar-refractivity contribution < 1.29 is 27.5 Å². The highest BCUT2D eigenvalue weighted by atomic mass is 19.3. The molecule has 1 unspecified atom stereocenters. The Bertz CT molecular complexity index is 1010. The van der Waals surface area contributed by atoms with Gasteiger partial charge < -0.3 is 20.7 Å². The number of nitrogens with two attached hydrogens (primary N) is 1. The monoisotopic (exact) mass is 437 g/mol. The Morgan fingerprint density at radius 1 is 1.26 bits per heavy atom. The highest BCUT2D eigenvalue weighted by molar-refractivity contribution is 5.95. The van der Waals surface area contributed by atoms with Crippen molar-refractivity contribution in [1.29, 1.82) is 0 Å². The zero-order valence-corrected chi connectivity index (χ0v) is 16.2. The maximum Gasteiger partial charge on any atom is 0.314 e. The van der Waals surface area contributed by atoms with Gasteiger partial charge in [-0.05, 0) is 24.6 Å². The Morgan fingerprint density at radius 3 is 2.65 bits per heavy atom. The van der Waals surface area contributed by atoms with Gasteiger partial charge in [0.15, 0.2) is 0 Å². The van der Waals surface area contributed by atoms with Gasteiger partial charge >= 0.3 is 6.03 Å². The first-order valence-electron chi connectivity index (χ1n) is 9.32. The van der Waals surface area contributed by atoms with Gasteiger partial charge in [0.2, 0.25) is 0 Å². The molecule has 0 saturated carbocycles. The molecule has 11 heteroatoms. The van der Waals surface area contributed by atoms with Gasteiger partial charge in [-0.1, -0.05) is 6.07 Å². The van der Waals surface area contributed by atoms with E-state index in [4.69, 9.17) is 10.5 Å².